The first kappa shape index (κ1) is 27.0. The van der Waals surface area contributed by atoms with Crippen LogP contribution in [0.5, 0.6) is 11.5 Å². The number of ether oxygens (including phenoxy) is 2. The average molecular weight is 573 g/mol. The highest BCUT2D eigenvalue weighted by Gasteiger charge is 2.11. The fourth-order valence-electron chi connectivity index (χ4n) is 3.22. The van der Waals surface area contributed by atoms with Crippen molar-refractivity contribution >= 4 is 58.4 Å². The van der Waals surface area contributed by atoms with Gasteiger partial charge in [-0.25, -0.2) is 10.4 Å². The van der Waals surface area contributed by atoms with Gasteiger partial charge in [0.2, 0.25) is 0 Å². The Morgan fingerprint density at radius 2 is 1.84 bits per heavy atom. The molecule has 190 valence electrons. The molecule has 0 fully saturated rings. The number of aromatic nitrogens is 1. The molecule has 0 aliphatic carbocycles. The summed E-state index contributed by atoms with van der Waals surface area (Å²) in [5.74, 6) is 1.09. The zero-order valence-corrected chi connectivity index (χ0v) is 23.0. The first-order chi connectivity index (χ1) is 18.0. The predicted molar refractivity (Wildman–Crippen MR) is 152 cm³/mol. The fraction of sp³-hybridized carbons (Fsp3) is 0.148. The Bertz CT molecular complexity index is 1360. The second kappa shape index (κ2) is 13.5. The first-order valence-electron chi connectivity index (χ1n) is 11.3. The van der Waals surface area contributed by atoms with E-state index in [4.69, 9.17) is 32.7 Å². The van der Waals surface area contributed by atoms with Crippen LogP contribution in [0.4, 0.5) is 0 Å². The number of carbonyl (C=O) groups is 1. The molecule has 0 unspecified atom stereocenters. The largest absolute Gasteiger partial charge is 0.490 e. The molecule has 0 radical (unpaired) electrons. The van der Waals surface area contributed by atoms with Crippen molar-refractivity contribution in [2.24, 2.45) is 5.10 Å². The van der Waals surface area contributed by atoms with E-state index in [1.54, 1.807) is 36.5 Å². The van der Waals surface area contributed by atoms with Gasteiger partial charge in [-0.3, -0.25) is 4.79 Å². The van der Waals surface area contributed by atoms with Crippen LogP contribution in [0.25, 0.3) is 11.3 Å². The van der Waals surface area contributed by atoms with Crippen LogP contribution < -0.4 is 14.9 Å². The zero-order valence-electron chi connectivity index (χ0n) is 19.8. The van der Waals surface area contributed by atoms with E-state index in [2.05, 4.69) is 15.5 Å². The number of hydrazone groups is 1. The van der Waals surface area contributed by atoms with Crippen molar-refractivity contribution in [3.05, 3.63) is 93.3 Å². The number of thioether (sulfide) groups is 1. The molecule has 4 aromatic rings. The van der Waals surface area contributed by atoms with Crippen molar-refractivity contribution in [2.45, 2.75) is 17.9 Å². The number of carbonyl (C=O) groups excluding carboxylic acids is 1. The highest BCUT2D eigenvalue weighted by molar-refractivity contribution is 8.01. The number of nitrogens with zero attached hydrogens (tertiary/aromatic N) is 2. The topological polar surface area (TPSA) is 72.8 Å². The number of nitrogens with one attached hydrogen (secondary N) is 1. The standard InChI is InChI=1S/C27H23Cl2N3O3S2/c1-2-34-25-13-18(11-12-24(25)35-15-20-21(28)9-6-10-22(20)29)14-30-32-26(33)17-37-27-31-23(16-36-27)19-7-4-3-5-8-19/h3-14,16H,2,15,17H2,1H3,(H,32,33)/b30-14+. The molecule has 1 heterocycles. The van der Waals surface area contributed by atoms with Crippen LogP contribution in [-0.4, -0.2) is 29.5 Å². The number of hydrogen-bond acceptors (Lipinski definition) is 7. The summed E-state index contributed by atoms with van der Waals surface area (Å²) >= 11 is 15.4. The van der Waals surface area contributed by atoms with E-state index in [0.29, 0.717) is 33.7 Å². The Labute approximate surface area is 233 Å². The van der Waals surface area contributed by atoms with Crippen LogP contribution in [0.2, 0.25) is 10.0 Å². The lowest BCUT2D eigenvalue weighted by atomic mass is 10.2. The van der Waals surface area contributed by atoms with E-state index < -0.39 is 0 Å². The predicted octanol–water partition coefficient (Wildman–Crippen LogP) is 7.34. The first-order valence-corrected chi connectivity index (χ1v) is 13.9. The third-order valence-corrected chi connectivity index (χ3v) is 7.71. The second-order valence-electron chi connectivity index (χ2n) is 7.57. The molecule has 10 heteroatoms. The second-order valence-corrected chi connectivity index (χ2v) is 10.5. The summed E-state index contributed by atoms with van der Waals surface area (Å²) in [7, 11) is 0. The molecule has 37 heavy (non-hydrogen) atoms. The number of hydrogen-bond donors (Lipinski definition) is 1. The molecular weight excluding hydrogens is 549 g/mol. The van der Waals surface area contributed by atoms with Crippen molar-refractivity contribution in [3.63, 3.8) is 0 Å². The third-order valence-electron chi connectivity index (χ3n) is 4.98. The van der Waals surface area contributed by atoms with E-state index >= 15 is 0 Å². The SMILES string of the molecule is CCOc1cc(/C=N/NC(=O)CSc2nc(-c3ccccc3)cs2)ccc1OCc1c(Cl)cccc1Cl. The Kier molecular flexibility index (Phi) is 9.85. The van der Waals surface area contributed by atoms with Crippen LogP contribution in [0, 0.1) is 0 Å². The van der Waals surface area contributed by atoms with Crippen LogP contribution in [0.15, 0.2) is 81.6 Å². The lowest BCUT2D eigenvalue weighted by Gasteiger charge is -2.14. The molecule has 0 aliphatic heterocycles. The third kappa shape index (κ3) is 7.72. The molecular formula is C27H23Cl2N3O3S2. The summed E-state index contributed by atoms with van der Waals surface area (Å²) in [6.07, 6.45) is 1.55. The lowest BCUT2D eigenvalue weighted by molar-refractivity contribution is -0.118. The minimum absolute atomic E-state index is 0.200. The Hall–Kier alpha value is -3.04. The summed E-state index contributed by atoms with van der Waals surface area (Å²) in [5.41, 5.74) is 5.95. The highest BCUT2D eigenvalue weighted by Crippen LogP contribution is 2.31. The maximum Gasteiger partial charge on any atom is 0.250 e. The van der Waals surface area contributed by atoms with E-state index in [1.807, 2.05) is 48.7 Å². The van der Waals surface area contributed by atoms with E-state index in [-0.39, 0.29) is 18.3 Å². The van der Waals surface area contributed by atoms with Crippen molar-refractivity contribution in [3.8, 4) is 22.8 Å². The van der Waals surface area contributed by atoms with Crippen molar-refractivity contribution in [1.82, 2.24) is 10.4 Å². The number of benzene rings is 3. The van der Waals surface area contributed by atoms with Gasteiger partial charge < -0.3 is 9.47 Å². The normalized spacial score (nSPS) is 11.0. The van der Waals surface area contributed by atoms with Crippen LogP contribution in [0.3, 0.4) is 0 Å². The lowest BCUT2D eigenvalue weighted by Crippen LogP contribution is -2.19. The molecule has 1 aromatic heterocycles. The molecule has 0 aliphatic rings. The fourth-order valence-corrected chi connectivity index (χ4v) is 5.35. The number of thiazole rings is 1. The van der Waals surface area contributed by atoms with Gasteiger partial charge in [-0.1, -0.05) is 71.4 Å². The summed E-state index contributed by atoms with van der Waals surface area (Å²) in [4.78, 5) is 16.8. The van der Waals surface area contributed by atoms with Gasteiger partial charge in [0.05, 0.1) is 24.3 Å². The Morgan fingerprint density at radius 3 is 2.59 bits per heavy atom. The van der Waals surface area contributed by atoms with Crippen LogP contribution in [0.1, 0.15) is 18.1 Å². The quantitative estimate of drug-likeness (QED) is 0.116. The van der Waals surface area contributed by atoms with Crippen molar-refractivity contribution < 1.29 is 14.3 Å². The smallest absolute Gasteiger partial charge is 0.250 e. The van der Waals surface area contributed by atoms with Crippen LogP contribution >= 0.6 is 46.3 Å². The van der Waals surface area contributed by atoms with Crippen molar-refractivity contribution in [2.75, 3.05) is 12.4 Å². The molecule has 0 bridgehead atoms. The van der Waals surface area contributed by atoms with E-state index in [9.17, 15) is 4.79 Å². The van der Waals surface area contributed by atoms with Gasteiger partial charge in [-0.2, -0.15) is 5.10 Å². The van der Waals surface area contributed by atoms with Gasteiger partial charge in [0.25, 0.3) is 5.91 Å². The molecule has 6 nitrogen and oxygen atoms in total. The molecule has 3 aromatic carbocycles. The zero-order chi connectivity index (χ0) is 26.0. The minimum Gasteiger partial charge on any atom is -0.490 e. The highest BCUT2D eigenvalue weighted by atomic mass is 35.5. The van der Waals surface area contributed by atoms with Gasteiger partial charge in [0.15, 0.2) is 15.8 Å². The molecule has 0 atom stereocenters. The molecule has 1 amide bonds. The van der Waals surface area contributed by atoms with E-state index in [1.165, 1.54) is 23.1 Å². The maximum absolute atomic E-state index is 12.2. The molecule has 0 saturated carbocycles. The van der Waals surface area contributed by atoms with Crippen LogP contribution in [-0.2, 0) is 11.4 Å². The molecule has 0 spiro atoms. The molecule has 0 saturated heterocycles. The van der Waals surface area contributed by atoms with Gasteiger partial charge in [-0.05, 0) is 42.8 Å². The summed E-state index contributed by atoms with van der Waals surface area (Å²) in [5, 5.41) is 7.13. The Morgan fingerprint density at radius 1 is 1.05 bits per heavy atom. The van der Waals surface area contributed by atoms with Gasteiger partial charge >= 0.3 is 0 Å². The van der Waals surface area contributed by atoms with Gasteiger partial charge in [0.1, 0.15) is 6.61 Å². The summed E-state index contributed by atoms with van der Waals surface area (Å²) < 4.78 is 12.5. The van der Waals surface area contributed by atoms with Crippen molar-refractivity contribution in [1.29, 1.82) is 0 Å². The minimum atomic E-state index is -0.223. The van der Waals surface area contributed by atoms with Gasteiger partial charge in [0, 0.05) is 26.6 Å². The molecule has 4 rings (SSSR count). The molecule has 1 N–H and O–H groups in total. The number of amides is 1. The average Bonchev–Trinajstić information content (AvgIpc) is 3.38. The number of halogens is 2. The summed E-state index contributed by atoms with van der Waals surface area (Å²) in [6, 6.07) is 20.6. The van der Waals surface area contributed by atoms with Gasteiger partial charge in [-0.15, -0.1) is 11.3 Å². The number of rotatable bonds is 11. The Balaban J connectivity index is 1.30. The van der Waals surface area contributed by atoms with E-state index in [0.717, 1.165) is 21.2 Å². The summed E-state index contributed by atoms with van der Waals surface area (Å²) in [6.45, 7) is 2.55. The monoisotopic (exact) mass is 571 g/mol. The maximum atomic E-state index is 12.2.